The lowest BCUT2D eigenvalue weighted by Crippen LogP contribution is -2.50. The van der Waals surface area contributed by atoms with E-state index in [0.717, 1.165) is 32.7 Å². The molecule has 0 aliphatic carbocycles. The number of amides is 1. The van der Waals surface area contributed by atoms with Crippen LogP contribution >= 0.6 is 11.8 Å². The van der Waals surface area contributed by atoms with E-state index in [9.17, 15) is 9.18 Å². The van der Waals surface area contributed by atoms with Crippen LogP contribution in [0.15, 0.2) is 29.4 Å². The second-order valence-electron chi connectivity index (χ2n) is 6.36. The fourth-order valence-corrected chi connectivity index (χ4v) is 3.94. The highest BCUT2D eigenvalue weighted by Gasteiger charge is 2.26. The van der Waals surface area contributed by atoms with Gasteiger partial charge >= 0.3 is 0 Å². The largest absolute Gasteiger partial charge is 0.339 e. The third-order valence-electron chi connectivity index (χ3n) is 4.71. The Morgan fingerprint density at radius 2 is 1.92 bits per heavy atom. The summed E-state index contributed by atoms with van der Waals surface area (Å²) < 4.78 is 15.7. The average Bonchev–Trinajstić information content (AvgIpc) is 3.02. The van der Waals surface area contributed by atoms with Crippen molar-refractivity contribution >= 4 is 17.7 Å². The van der Waals surface area contributed by atoms with Crippen LogP contribution in [0.4, 0.5) is 4.39 Å². The third kappa shape index (κ3) is 3.91. The summed E-state index contributed by atoms with van der Waals surface area (Å²) in [5, 5.41) is 8.61. The highest BCUT2D eigenvalue weighted by Crippen LogP contribution is 2.27. The Kier molecular flexibility index (Phi) is 5.93. The average molecular weight is 377 g/mol. The van der Waals surface area contributed by atoms with Crippen LogP contribution in [0, 0.1) is 5.82 Å². The third-order valence-corrected chi connectivity index (χ3v) is 5.83. The molecule has 0 spiro atoms. The van der Waals surface area contributed by atoms with Crippen molar-refractivity contribution in [2.75, 3.05) is 32.7 Å². The lowest BCUT2D eigenvalue weighted by atomic mass is 10.2. The van der Waals surface area contributed by atoms with Crippen LogP contribution in [-0.4, -0.2) is 68.4 Å². The number of carbonyl (C=O) groups is 1. The van der Waals surface area contributed by atoms with E-state index in [-0.39, 0.29) is 17.0 Å². The topological polar surface area (TPSA) is 54.3 Å². The van der Waals surface area contributed by atoms with Crippen LogP contribution in [0.2, 0.25) is 0 Å². The van der Waals surface area contributed by atoms with Crippen LogP contribution in [0.25, 0.3) is 11.4 Å². The van der Waals surface area contributed by atoms with E-state index in [4.69, 9.17) is 0 Å². The van der Waals surface area contributed by atoms with Gasteiger partial charge in [0.25, 0.3) is 0 Å². The van der Waals surface area contributed by atoms with Gasteiger partial charge in [-0.05, 0) is 25.6 Å². The number of aromatic nitrogens is 3. The van der Waals surface area contributed by atoms with E-state index in [2.05, 4.69) is 22.0 Å². The molecule has 2 aromatic rings. The van der Waals surface area contributed by atoms with E-state index in [1.165, 1.54) is 17.8 Å². The number of hydrogen-bond donors (Lipinski definition) is 0. The Hall–Kier alpha value is -1.93. The van der Waals surface area contributed by atoms with Gasteiger partial charge in [-0.15, -0.1) is 10.2 Å². The number of hydrogen-bond acceptors (Lipinski definition) is 5. The number of halogens is 1. The number of nitrogens with zero attached hydrogens (tertiary/aromatic N) is 5. The molecule has 1 aromatic heterocycles. The van der Waals surface area contributed by atoms with Crippen molar-refractivity contribution in [1.29, 1.82) is 0 Å². The number of likely N-dealkylation sites (N-methyl/N-ethyl adjacent to an activating group) is 1. The maximum absolute atomic E-state index is 14.0. The molecule has 0 N–H and O–H groups in total. The molecule has 1 amide bonds. The van der Waals surface area contributed by atoms with Gasteiger partial charge in [0.2, 0.25) is 5.91 Å². The number of benzene rings is 1. The highest BCUT2D eigenvalue weighted by atomic mass is 32.2. The molecular weight excluding hydrogens is 353 g/mol. The fraction of sp³-hybridized carbons (Fsp3) is 0.500. The lowest BCUT2D eigenvalue weighted by Gasteiger charge is -2.35. The zero-order valence-electron chi connectivity index (χ0n) is 15.4. The van der Waals surface area contributed by atoms with Crippen LogP contribution in [0.5, 0.6) is 0 Å². The van der Waals surface area contributed by atoms with Gasteiger partial charge in [-0.2, -0.15) is 0 Å². The SMILES string of the molecule is CCN1CCN(C(=O)C(C)Sc2nnc(-c3ccccc3F)n2C)CC1. The van der Waals surface area contributed by atoms with E-state index in [1.54, 1.807) is 29.8 Å². The fourth-order valence-electron chi connectivity index (χ4n) is 3.04. The number of piperazine rings is 1. The van der Waals surface area contributed by atoms with E-state index < -0.39 is 0 Å². The summed E-state index contributed by atoms with van der Waals surface area (Å²) in [6, 6.07) is 6.49. The van der Waals surface area contributed by atoms with Crippen molar-refractivity contribution in [3.05, 3.63) is 30.1 Å². The molecule has 1 atom stereocenters. The number of carbonyl (C=O) groups excluding carboxylic acids is 1. The molecule has 1 fully saturated rings. The Bertz CT molecular complexity index is 773. The van der Waals surface area contributed by atoms with Crippen LogP contribution < -0.4 is 0 Å². The first-order chi connectivity index (χ1) is 12.5. The smallest absolute Gasteiger partial charge is 0.235 e. The minimum Gasteiger partial charge on any atom is -0.339 e. The van der Waals surface area contributed by atoms with Crippen molar-refractivity contribution in [2.24, 2.45) is 7.05 Å². The predicted molar refractivity (Wildman–Crippen MR) is 100 cm³/mol. The van der Waals surface area contributed by atoms with Gasteiger partial charge in [0, 0.05) is 33.2 Å². The summed E-state index contributed by atoms with van der Waals surface area (Å²) in [6.45, 7) is 8.40. The molecule has 0 bridgehead atoms. The van der Waals surface area contributed by atoms with Gasteiger partial charge < -0.3 is 14.4 Å². The normalized spacial score (nSPS) is 16.7. The molecule has 8 heteroatoms. The zero-order chi connectivity index (χ0) is 18.7. The maximum Gasteiger partial charge on any atom is 0.235 e. The Labute approximate surface area is 157 Å². The summed E-state index contributed by atoms with van der Waals surface area (Å²) >= 11 is 1.36. The summed E-state index contributed by atoms with van der Waals surface area (Å²) in [4.78, 5) is 17.0. The molecule has 0 saturated carbocycles. The summed E-state index contributed by atoms with van der Waals surface area (Å²) in [5.41, 5.74) is 0.406. The predicted octanol–water partition coefficient (Wildman–Crippen LogP) is 2.27. The van der Waals surface area contributed by atoms with Gasteiger partial charge in [-0.3, -0.25) is 4.79 Å². The molecule has 1 aliphatic heterocycles. The molecule has 140 valence electrons. The van der Waals surface area contributed by atoms with Crippen molar-refractivity contribution in [3.63, 3.8) is 0 Å². The van der Waals surface area contributed by atoms with E-state index >= 15 is 0 Å². The first-order valence-corrected chi connectivity index (χ1v) is 9.71. The first-order valence-electron chi connectivity index (χ1n) is 8.83. The standard InChI is InChI=1S/C18H24FN5OS/c1-4-23-9-11-24(12-10-23)17(25)13(2)26-18-21-20-16(22(18)3)14-7-5-6-8-15(14)19/h5-8,13H,4,9-12H2,1-3H3. The van der Waals surface area contributed by atoms with Crippen molar-refractivity contribution in [2.45, 2.75) is 24.3 Å². The molecule has 1 unspecified atom stereocenters. The second-order valence-corrected chi connectivity index (χ2v) is 7.67. The van der Waals surface area contributed by atoms with Gasteiger partial charge in [-0.1, -0.05) is 30.8 Å². The number of thioether (sulfide) groups is 1. The van der Waals surface area contributed by atoms with Crippen LogP contribution in [-0.2, 0) is 11.8 Å². The van der Waals surface area contributed by atoms with Gasteiger partial charge in [0.1, 0.15) is 5.82 Å². The summed E-state index contributed by atoms with van der Waals surface area (Å²) in [6.07, 6.45) is 0. The lowest BCUT2D eigenvalue weighted by molar-refractivity contribution is -0.132. The molecular formula is C18H24FN5OS. The van der Waals surface area contributed by atoms with Crippen LogP contribution in [0.1, 0.15) is 13.8 Å². The summed E-state index contributed by atoms with van der Waals surface area (Å²) in [7, 11) is 1.79. The zero-order valence-corrected chi connectivity index (χ0v) is 16.2. The summed E-state index contributed by atoms with van der Waals surface area (Å²) in [5.74, 6) is 0.237. The minimum absolute atomic E-state index is 0.112. The molecule has 6 nitrogen and oxygen atoms in total. The van der Waals surface area contributed by atoms with Crippen LogP contribution in [0.3, 0.4) is 0 Å². The van der Waals surface area contributed by atoms with E-state index in [0.29, 0.717) is 16.5 Å². The van der Waals surface area contributed by atoms with Gasteiger partial charge in [-0.25, -0.2) is 4.39 Å². The molecule has 1 saturated heterocycles. The second kappa shape index (κ2) is 8.18. The quantitative estimate of drug-likeness (QED) is 0.748. The molecule has 2 heterocycles. The molecule has 3 rings (SSSR count). The number of rotatable bonds is 5. The molecule has 1 aliphatic rings. The molecule has 0 radical (unpaired) electrons. The Balaban J connectivity index is 1.68. The Morgan fingerprint density at radius 3 is 2.58 bits per heavy atom. The minimum atomic E-state index is -0.336. The highest BCUT2D eigenvalue weighted by molar-refractivity contribution is 8.00. The molecule has 26 heavy (non-hydrogen) atoms. The van der Waals surface area contributed by atoms with E-state index in [1.807, 2.05) is 11.8 Å². The van der Waals surface area contributed by atoms with Gasteiger partial charge in [0.05, 0.1) is 10.8 Å². The van der Waals surface area contributed by atoms with Crippen molar-refractivity contribution in [3.8, 4) is 11.4 Å². The van der Waals surface area contributed by atoms with Crippen molar-refractivity contribution in [1.82, 2.24) is 24.6 Å². The Morgan fingerprint density at radius 1 is 1.23 bits per heavy atom. The first kappa shape index (κ1) is 18.8. The van der Waals surface area contributed by atoms with Gasteiger partial charge in [0.15, 0.2) is 11.0 Å². The molecule has 1 aromatic carbocycles. The van der Waals surface area contributed by atoms with Crippen molar-refractivity contribution < 1.29 is 9.18 Å². The monoisotopic (exact) mass is 377 g/mol. The maximum atomic E-state index is 14.0.